The minimum atomic E-state index is 0.472. The molecule has 0 bridgehead atoms. The van der Waals surface area contributed by atoms with Gasteiger partial charge in [-0.05, 0) is 25.1 Å². The number of nitrogens with zero attached hydrogens (tertiary/aromatic N) is 3. The first-order valence-corrected chi connectivity index (χ1v) is 5.14. The van der Waals surface area contributed by atoms with E-state index in [4.69, 9.17) is 16.3 Å². The minimum absolute atomic E-state index is 0.472. The highest BCUT2D eigenvalue weighted by atomic mass is 15.1. The van der Waals surface area contributed by atoms with Gasteiger partial charge < -0.3 is 10.6 Å². The van der Waals surface area contributed by atoms with Gasteiger partial charge in [0.05, 0.1) is 18.1 Å². The Kier molecular flexibility index (Phi) is 4.17. The van der Waals surface area contributed by atoms with E-state index in [0.717, 1.165) is 12.2 Å². The highest BCUT2D eigenvalue weighted by Crippen LogP contribution is 2.20. The number of hydrogen-bond donors (Lipinski definition) is 1. The molecule has 0 spiro atoms. The summed E-state index contributed by atoms with van der Waals surface area (Å²) in [7, 11) is 0. The Labute approximate surface area is 95.5 Å². The summed E-state index contributed by atoms with van der Waals surface area (Å²) in [5.41, 5.74) is 7.55. The quantitative estimate of drug-likeness (QED) is 0.776. The van der Waals surface area contributed by atoms with Crippen LogP contribution in [0.15, 0.2) is 18.2 Å². The molecule has 1 aromatic rings. The number of nitrogens with two attached hydrogens (primary N) is 1. The summed E-state index contributed by atoms with van der Waals surface area (Å²) in [5, 5.41) is 17.4. The summed E-state index contributed by atoms with van der Waals surface area (Å²) in [6.07, 6.45) is 0.472. The average molecular weight is 214 g/mol. The molecule has 1 aromatic carbocycles. The van der Waals surface area contributed by atoms with E-state index >= 15 is 0 Å². The lowest BCUT2D eigenvalue weighted by Crippen LogP contribution is -2.23. The molecule has 4 heteroatoms. The second kappa shape index (κ2) is 5.63. The SMILES string of the molecule is CCN(CCC#N)c1ccc(N)c(C#N)c1. The molecule has 0 saturated heterocycles. The van der Waals surface area contributed by atoms with E-state index in [1.807, 2.05) is 17.9 Å². The fourth-order valence-electron chi connectivity index (χ4n) is 1.49. The van der Waals surface area contributed by atoms with Crippen LogP contribution in [-0.2, 0) is 0 Å². The predicted molar refractivity (Wildman–Crippen MR) is 63.7 cm³/mol. The van der Waals surface area contributed by atoms with Gasteiger partial charge in [-0.15, -0.1) is 0 Å². The van der Waals surface area contributed by atoms with Gasteiger partial charge in [-0.25, -0.2) is 0 Å². The van der Waals surface area contributed by atoms with Crippen LogP contribution < -0.4 is 10.6 Å². The second-order valence-electron chi connectivity index (χ2n) is 3.37. The van der Waals surface area contributed by atoms with Gasteiger partial charge >= 0.3 is 0 Å². The highest BCUT2D eigenvalue weighted by molar-refractivity contribution is 5.62. The third-order valence-electron chi connectivity index (χ3n) is 2.40. The third-order valence-corrected chi connectivity index (χ3v) is 2.40. The van der Waals surface area contributed by atoms with E-state index in [9.17, 15) is 0 Å². The summed E-state index contributed by atoms with van der Waals surface area (Å²) in [5.74, 6) is 0. The summed E-state index contributed by atoms with van der Waals surface area (Å²) < 4.78 is 0. The van der Waals surface area contributed by atoms with Crippen molar-refractivity contribution >= 4 is 11.4 Å². The van der Waals surface area contributed by atoms with E-state index < -0.39 is 0 Å². The third kappa shape index (κ3) is 2.65. The Morgan fingerprint density at radius 2 is 2.12 bits per heavy atom. The fourth-order valence-corrected chi connectivity index (χ4v) is 1.49. The molecule has 16 heavy (non-hydrogen) atoms. The summed E-state index contributed by atoms with van der Waals surface area (Å²) in [4.78, 5) is 2.05. The predicted octanol–water partition coefficient (Wildman–Crippen LogP) is 1.88. The van der Waals surface area contributed by atoms with Gasteiger partial charge in [-0.1, -0.05) is 0 Å². The van der Waals surface area contributed by atoms with Gasteiger partial charge in [0.1, 0.15) is 6.07 Å². The molecule has 0 saturated carbocycles. The smallest absolute Gasteiger partial charge is 0.101 e. The zero-order chi connectivity index (χ0) is 12.0. The van der Waals surface area contributed by atoms with Gasteiger partial charge in [0.25, 0.3) is 0 Å². The number of hydrogen-bond acceptors (Lipinski definition) is 4. The Bertz CT molecular complexity index is 439. The minimum Gasteiger partial charge on any atom is -0.398 e. The molecule has 0 aromatic heterocycles. The summed E-state index contributed by atoms with van der Waals surface area (Å²) >= 11 is 0. The van der Waals surface area contributed by atoms with Crippen LogP contribution in [0.25, 0.3) is 0 Å². The molecule has 82 valence electrons. The molecule has 0 amide bonds. The molecular formula is C12H14N4. The van der Waals surface area contributed by atoms with E-state index in [-0.39, 0.29) is 0 Å². The monoisotopic (exact) mass is 214 g/mol. The second-order valence-corrected chi connectivity index (χ2v) is 3.37. The van der Waals surface area contributed by atoms with Crippen molar-refractivity contribution in [1.29, 1.82) is 10.5 Å². The topological polar surface area (TPSA) is 76.8 Å². The van der Waals surface area contributed by atoms with Crippen LogP contribution in [0, 0.1) is 22.7 Å². The molecule has 0 aliphatic carbocycles. The summed E-state index contributed by atoms with van der Waals surface area (Å²) in [6.45, 7) is 3.48. The van der Waals surface area contributed by atoms with Crippen LogP contribution in [-0.4, -0.2) is 13.1 Å². The van der Waals surface area contributed by atoms with Gasteiger partial charge in [0.15, 0.2) is 0 Å². The molecule has 0 fully saturated rings. The molecule has 1 rings (SSSR count). The Balaban J connectivity index is 2.94. The van der Waals surface area contributed by atoms with Gasteiger partial charge in [0.2, 0.25) is 0 Å². The Hall–Kier alpha value is -2.20. The number of nitrogen functional groups attached to an aromatic ring is 1. The fraction of sp³-hybridized carbons (Fsp3) is 0.333. The molecule has 0 aliphatic rings. The van der Waals surface area contributed by atoms with E-state index in [0.29, 0.717) is 24.2 Å². The Morgan fingerprint density at radius 1 is 1.38 bits per heavy atom. The van der Waals surface area contributed by atoms with Crippen LogP contribution in [0.5, 0.6) is 0 Å². The maximum Gasteiger partial charge on any atom is 0.101 e. The van der Waals surface area contributed by atoms with Crippen LogP contribution in [0.3, 0.4) is 0 Å². The highest BCUT2D eigenvalue weighted by Gasteiger charge is 2.06. The molecule has 0 unspecified atom stereocenters. The Morgan fingerprint density at radius 3 is 2.69 bits per heavy atom. The first kappa shape index (κ1) is 11.9. The van der Waals surface area contributed by atoms with Crippen LogP contribution in [0.2, 0.25) is 0 Å². The number of nitriles is 2. The molecule has 2 N–H and O–H groups in total. The molecule has 4 nitrogen and oxygen atoms in total. The van der Waals surface area contributed by atoms with Gasteiger partial charge in [-0.3, -0.25) is 0 Å². The van der Waals surface area contributed by atoms with Crippen LogP contribution in [0.4, 0.5) is 11.4 Å². The normalized spacial score (nSPS) is 9.19. The molecule has 0 radical (unpaired) electrons. The first-order valence-electron chi connectivity index (χ1n) is 5.14. The van der Waals surface area contributed by atoms with Crippen molar-refractivity contribution < 1.29 is 0 Å². The van der Waals surface area contributed by atoms with Crippen LogP contribution >= 0.6 is 0 Å². The standard InChI is InChI=1S/C12H14N4/c1-2-16(7-3-6-13)11-4-5-12(15)10(8-11)9-14/h4-5,8H,2-3,7,15H2,1H3. The van der Waals surface area contributed by atoms with Crippen molar-refractivity contribution in [2.45, 2.75) is 13.3 Å². The lowest BCUT2D eigenvalue weighted by Gasteiger charge is -2.22. The van der Waals surface area contributed by atoms with Gasteiger partial charge in [0, 0.05) is 24.5 Å². The van der Waals surface area contributed by atoms with E-state index in [1.165, 1.54) is 0 Å². The lowest BCUT2D eigenvalue weighted by molar-refractivity contribution is 0.827. The van der Waals surface area contributed by atoms with Crippen molar-refractivity contribution in [1.82, 2.24) is 0 Å². The average Bonchev–Trinajstić information content (AvgIpc) is 2.32. The molecule has 0 heterocycles. The maximum absolute atomic E-state index is 8.87. The van der Waals surface area contributed by atoms with Crippen molar-refractivity contribution in [3.8, 4) is 12.1 Å². The largest absolute Gasteiger partial charge is 0.398 e. The van der Waals surface area contributed by atoms with Crippen LogP contribution in [0.1, 0.15) is 18.9 Å². The van der Waals surface area contributed by atoms with Gasteiger partial charge in [-0.2, -0.15) is 10.5 Å². The molecule has 0 atom stereocenters. The number of anilines is 2. The van der Waals surface area contributed by atoms with E-state index in [1.54, 1.807) is 12.1 Å². The van der Waals surface area contributed by atoms with Crippen molar-refractivity contribution in [3.63, 3.8) is 0 Å². The zero-order valence-electron chi connectivity index (χ0n) is 9.27. The molecule has 0 aliphatic heterocycles. The van der Waals surface area contributed by atoms with Crippen molar-refractivity contribution in [2.75, 3.05) is 23.7 Å². The first-order chi connectivity index (χ1) is 7.72. The molecular weight excluding hydrogens is 200 g/mol. The number of benzene rings is 1. The van der Waals surface area contributed by atoms with Crippen molar-refractivity contribution in [3.05, 3.63) is 23.8 Å². The van der Waals surface area contributed by atoms with Crippen molar-refractivity contribution in [2.24, 2.45) is 0 Å². The number of rotatable bonds is 4. The van der Waals surface area contributed by atoms with E-state index in [2.05, 4.69) is 12.1 Å². The zero-order valence-corrected chi connectivity index (χ0v) is 9.27. The maximum atomic E-state index is 8.87. The summed E-state index contributed by atoms with van der Waals surface area (Å²) in [6, 6.07) is 9.52. The lowest BCUT2D eigenvalue weighted by atomic mass is 10.1.